The van der Waals surface area contributed by atoms with Crippen molar-refractivity contribution in [2.45, 2.75) is 40.0 Å². The smallest absolute Gasteiger partial charge is 0.0163 e. The van der Waals surface area contributed by atoms with Crippen LogP contribution in [0.2, 0.25) is 0 Å². The van der Waals surface area contributed by atoms with Gasteiger partial charge in [0.05, 0.1) is 0 Å². The molecule has 0 unspecified atom stereocenters. The van der Waals surface area contributed by atoms with Gasteiger partial charge in [0.25, 0.3) is 0 Å². The Kier molecular flexibility index (Phi) is 14.4. The van der Waals surface area contributed by atoms with Crippen molar-refractivity contribution in [1.29, 1.82) is 0 Å². The number of hydrogen-bond acceptors (Lipinski definition) is 2. The molecule has 8 aromatic carbocycles. The van der Waals surface area contributed by atoms with Crippen molar-refractivity contribution in [2.24, 2.45) is 0 Å². The molecule has 0 atom stereocenters. The van der Waals surface area contributed by atoms with E-state index in [0.29, 0.717) is 0 Å². The number of hydrogen-bond donors (Lipinski definition) is 0. The Bertz CT molecular complexity index is 3200. The molecular formula is C64H52IrN2-2. The fraction of sp³-hybridized carbons (Fsp3) is 0.0938. The minimum Gasteiger partial charge on any atom is -0.305 e. The summed E-state index contributed by atoms with van der Waals surface area (Å²) in [6.45, 7) is 11.0. The van der Waals surface area contributed by atoms with Crippen LogP contribution in [0, 0.1) is 26.0 Å². The second-order valence-electron chi connectivity index (χ2n) is 17.7. The molecule has 10 rings (SSSR count). The van der Waals surface area contributed by atoms with Crippen LogP contribution in [-0.4, -0.2) is 9.97 Å². The van der Waals surface area contributed by atoms with Crippen molar-refractivity contribution >= 4 is 0 Å². The van der Waals surface area contributed by atoms with Crippen LogP contribution in [-0.2, 0) is 25.5 Å². The molecule has 67 heavy (non-hydrogen) atoms. The van der Waals surface area contributed by atoms with Crippen LogP contribution >= 0.6 is 0 Å². The van der Waals surface area contributed by atoms with Crippen molar-refractivity contribution in [1.82, 2.24) is 9.97 Å². The van der Waals surface area contributed by atoms with Gasteiger partial charge in [0.15, 0.2) is 0 Å². The summed E-state index contributed by atoms with van der Waals surface area (Å²) in [5.74, 6) is 0. The van der Waals surface area contributed by atoms with Crippen LogP contribution in [0.25, 0.3) is 89.3 Å². The Balaban J connectivity index is 0.000000374. The molecule has 2 heterocycles. The number of nitrogens with zero attached hydrogens (tertiary/aromatic N) is 2. The van der Waals surface area contributed by atoms with E-state index in [1.807, 2.05) is 48.8 Å². The van der Waals surface area contributed by atoms with Gasteiger partial charge in [-0.1, -0.05) is 195 Å². The molecule has 1 radical (unpaired) electrons. The third-order valence-corrected chi connectivity index (χ3v) is 12.0. The molecule has 0 fully saturated rings. The SMILES string of the molecule is Cc1ccnc(-c2[c-]ccc(-c3c(-c4ccccc4)c(-c4ccccc4)c(-c4ccccc4)c(-c4ccccc4)c3-c3ccc(C(C)(C)C)cc3)c2)c1.Cc1ccnc(-c2[c-]cccc2)c1.[Ir]. The molecule has 0 saturated heterocycles. The summed E-state index contributed by atoms with van der Waals surface area (Å²) >= 11 is 0. The summed E-state index contributed by atoms with van der Waals surface area (Å²) in [6, 6.07) is 82.3. The molecule has 329 valence electrons. The summed E-state index contributed by atoms with van der Waals surface area (Å²) in [4.78, 5) is 9.07. The van der Waals surface area contributed by atoms with Gasteiger partial charge in [-0.05, 0) is 110 Å². The third-order valence-electron chi connectivity index (χ3n) is 12.0. The summed E-state index contributed by atoms with van der Waals surface area (Å²) < 4.78 is 0. The standard InChI is InChI=1S/C52H42N.C12H10N.Ir/c1-36-32-33-53-45(34-36)42-26-17-27-43(35-42)51-49(40-24-15-8-16-25-40)47(38-20-11-6-12-21-38)46(37-18-9-5-10-19-37)48(39-22-13-7-14-23-39)50(51)41-28-30-44(31-29-41)52(2,3)4;1-10-7-8-13-12(9-10)11-5-3-2-4-6-11;/h5-25,27-35H,1-4H3;2-5,7-9H,1H3;/q2*-1;. The zero-order valence-electron chi connectivity index (χ0n) is 38.6. The zero-order chi connectivity index (χ0) is 45.5. The fourth-order valence-electron chi connectivity index (χ4n) is 8.73. The average molecular weight is 1040 g/mol. The van der Waals surface area contributed by atoms with E-state index >= 15 is 0 Å². The van der Waals surface area contributed by atoms with E-state index < -0.39 is 0 Å². The van der Waals surface area contributed by atoms with Gasteiger partial charge in [-0.15, -0.1) is 65.7 Å². The molecule has 0 amide bonds. The quantitative estimate of drug-likeness (QED) is 0.142. The Hall–Kier alpha value is -7.29. The normalized spacial score (nSPS) is 10.9. The Morgan fingerprint density at radius 1 is 0.343 bits per heavy atom. The van der Waals surface area contributed by atoms with Gasteiger partial charge in [0, 0.05) is 32.5 Å². The van der Waals surface area contributed by atoms with E-state index in [1.165, 1.54) is 72.3 Å². The Labute approximate surface area is 410 Å². The van der Waals surface area contributed by atoms with Crippen LogP contribution in [0.4, 0.5) is 0 Å². The molecule has 10 aromatic rings. The van der Waals surface area contributed by atoms with Crippen LogP contribution in [0.5, 0.6) is 0 Å². The third kappa shape index (κ3) is 10.4. The first kappa shape index (κ1) is 46.2. The van der Waals surface area contributed by atoms with E-state index in [4.69, 9.17) is 4.98 Å². The number of pyridine rings is 2. The van der Waals surface area contributed by atoms with Gasteiger partial charge in [0.1, 0.15) is 0 Å². The van der Waals surface area contributed by atoms with Crippen LogP contribution in [0.15, 0.2) is 225 Å². The molecule has 0 aliphatic heterocycles. The van der Waals surface area contributed by atoms with Gasteiger partial charge in [-0.2, -0.15) is 0 Å². The summed E-state index contributed by atoms with van der Waals surface area (Å²) in [6.07, 6.45) is 3.71. The number of aryl methyl sites for hydroxylation is 2. The van der Waals surface area contributed by atoms with Crippen LogP contribution in [0.1, 0.15) is 37.5 Å². The minimum atomic E-state index is 0. The molecule has 0 N–H and O–H groups in total. The topological polar surface area (TPSA) is 25.8 Å². The van der Waals surface area contributed by atoms with E-state index in [1.54, 1.807) is 0 Å². The predicted molar refractivity (Wildman–Crippen MR) is 278 cm³/mol. The first-order chi connectivity index (χ1) is 32.2. The van der Waals surface area contributed by atoms with E-state index in [-0.39, 0.29) is 25.5 Å². The zero-order valence-corrected chi connectivity index (χ0v) is 41.0. The molecule has 0 bridgehead atoms. The molecule has 2 aromatic heterocycles. The summed E-state index contributed by atoms with van der Waals surface area (Å²) in [7, 11) is 0. The van der Waals surface area contributed by atoms with E-state index in [0.717, 1.165) is 33.6 Å². The van der Waals surface area contributed by atoms with Crippen molar-refractivity contribution in [3.63, 3.8) is 0 Å². The van der Waals surface area contributed by atoms with Crippen molar-refractivity contribution in [3.8, 4) is 89.3 Å². The second kappa shape index (κ2) is 20.9. The maximum Gasteiger partial charge on any atom is 0.0163 e. The molecule has 3 heteroatoms. The van der Waals surface area contributed by atoms with Gasteiger partial charge < -0.3 is 9.97 Å². The van der Waals surface area contributed by atoms with Crippen molar-refractivity contribution < 1.29 is 20.1 Å². The molecule has 0 spiro atoms. The first-order valence-corrected chi connectivity index (χ1v) is 22.6. The molecule has 0 aliphatic carbocycles. The largest absolute Gasteiger partial charge is 0.305 e. The van der Waals surface area contributed by atoms with Gasteiger partial charge in [-0.3, -0.25) is 0 Å². The fourth-order valence-corrected chi connectivity index (χ4v) is 8.73. The van der Waals surface area contributed by atoms with Crippen LogP contribution < -0.4 is 0 Å². The number of rotatable bonds is 8. The monoisotopic (exact) mass is 1040 g/mol. The number of benzene rings is 8. The molecule has 0 aliphatic rings. The minimum absolute atomic E-state index is 0. The van der Waals surface area contributed by atoms with Gasteiger partial charge in [0.2, 0.25) is 0 Å². The maximum absolute atomic E-state index is 4.79. The Morgan fingerprint density at radius 2 is 0.716 bits per heavy atom. The van der Waals surface area contributed by atoms with Gasteiger partial charge >= 0.3 is 0 Å². The summed E-state index contributed by atoms with van der Waals surface area (Å²) in [5, 5.41) is 0. The molecule has 0 saturated carbocycles. The predicted octanol–water partition coefficient (Wildman–Crippen LogP) is 17.0. The van der Waals surface area contributed by atoms with Crippen molar-refractivity contribution in [3.05, 3.63) is 254 Å². The summed E-state index contributed by atoms with van der Waals surface area (Å²) in [5.41, 5.74) is 21.8. The molecular weight excluding hydrogens is 989 g/mol. The average Bonchev–Trinajstić information content (AvgIpc) is 3.37. The van der Waals surface area contributed by atoms with E-state index in [9.17, 15) is 0 Å². The van der Waals surface area contributed by atoms with Crippen LogP contribution in [0.3, 0.4) is 0 Å². The van der Waals surface area contributed by atoms with Crippen molar-refractivity contribution in [2.75, 3.05) is 0 Å². The number of aromatic nitrogens is 2. The molecule has 2 nitrogen and oxygen atoms in total. The van der Waals surface area contributed by atoms with E-state index in [2.05, 4.69) is 228 Å². The second-order valence-corrected chi connectivity index (χ2v) is 17.7. The Morgan fingerprint density at radius 3 is 1.10 bits per heavy atom. The first-order valence-electron chi connectivity index (χ1n) is 22.6. The van der Waals surface area contributed by atoms with Gasteiger partial charge in [-0.25, -0.2) is 0 Å². The maximum atomic E-state index is 4.79.